The van der Waals surface area contributed by atoms with Crippen molar-refractivity contribution < 1.29 is 0 Å². The van der Waals surface area contributed by atoms with Crippen LogP contribution in [0.4, 0.5) is 5.69 Å². The molecule has 0 spiro atoms. The lowest BCUT2D eigenvalue weighted by atomic mass is 9.93. The van der Waals surface area contributed by atoms with Gasteiger partial charge in [-0.3, -0.25) is 4.98 Å². The molecule has 1 fully saturated rings. The summed E-state index contributed by atoms with van der Waals surface area (Å²) in [7, 11) is 0. The number of nitrogens with one attached hydrogen (secondary N) is 1. The first-order valence-electron chi connectivity index (χ1n) is 11.1. The maximum atomic E-state index is 6.35. The highest BCUT2D eigenvalue weighted by atomic mass is 79.9. The van der Waals surface area contributed by atoms with Crippen LogP contribution in [-0.4, -0.2) is 14.7 Å². The number of thiocarbonyl (C=S) groups is 1. The van der Waals surface area contributed by atoms with Gasteiger partial charge in [0.05, 0.1) is 17.8 Å². The van der Waals surface area contributed by atoms with Crippen molar-refractivity contribution in [1.82, 2.24) is 14.9 Å². The van der Waals surface area contributed by atoms with Crippen LogP contribution in [-0.2, 0) is 0 Å². The van der Waals surface area contributed by atoms with Crippen LogP contribution in [0.1, 0.15) is 40.3 Å². The zero-order valence-electron chi connectivity index (χ0n) is 19.1. The Balaban J connectivity index is 1.73. The summed E-state index contributed by atoms with van der Waals surface area (Å²) in [5, 5.41) is 4.97. The molecular formula is C27H24BrClN4S. The molecule has 1 N–H and O–H groups in total. The van der Waals surface area contributed by atoms with Gasteiger partial charge in [-0.25, -0.2) is 0 Å². The molecule has 2 aromatic heterocycles. The summed E-state index contributed by atoms with van der Waals surface area (Å²) >= 11 is 15.8. The van der Waals surface area contributed by atoms with Gasteiger partial charge in [0.1, 0.15) is 0 Å². The van der Waals surface area contributed by atoms with E-state index in [2.05, 4.69) is 75.8 Å². The van der Waals surface area contributed by atoms with E-state index in [0.29, 0.717) is 5.11 Å². The second-order valence-electron chi connectivity index (χ2n) is 8.50. The Morgan fingerprint density at radius 3 is 2.38 bits per heavy atom. The van der Waals surface area contributed by atoms with Gasteiger partial charge in [0, 0.05) is 44.0 Å². The van der Waals surface area contributed by atoms with E-state index >= 15 is 0 Å². The van der Waals surface area contributed by atoms with Gasteiger partial charge in [0.15, 0.2) is 5.11 Å². The zero-order chi connectivity index (χ0) is 24.0. The molecule has 172 valence electrons. The first-order chi connectivity index (χ1) is 16.4. The van der Waals surface area contributed by atoms with E-state index in [4.69, 9.17) is 28.8 Å². The van der Waals surface area contributed by atoms with Gasteiger partial charge < -0.3 is 14.8 Å². The summed E-state index contributed by atoms with van der Waals surface area (Å²) < 4.78 is 3.31. The van der Waals surface area contributed by atoms with E-state index in [1.54, 1.807) is 0 Å². The van der Waals surface area contributed by atoms with Gasteiger partial charge in [-0.15, -0.1) is 0 Å². The molecule has 34 heavy (non-hydrogen) atoms. The first-order valence-corrected chi connectivity index (χ1v) is 12.7. The number of hydrogen-bond acceptors (Lipinski definition) is 2. The van der Waals surface area contributed by atoms with Crippen LogP contribution < -0.4 is 10.2 Å². The zero-order valence-corrected chi connectivity index (χ0v) is 22.2. The van der Waals surface area contributed by atoms with Gasteiger partial charge in [0.25, 0.3) is 0 Å². The Morgan fingerprint density at radius 1 is 0.941 bits per heavy atom. The first kappa shape index (κ1) is 23.1. The summed E-state index contributed by atoms with van der Waals surface area (Å²) in [5.74, 6) is 0. The standard InChI is InChI=1S/C27H24BrClN4S/c1-16-17(2)32(22-8-6-7-20(29)15-22)18(3)24(16)26-25(23-9-4-5-14-30-23)31-27(34)33(26)21-12-10-19(28)11-13-21/h4-15,25-26H,1-3H3,(H,31,34)/t25-,26+/m0/s1. The molecule has 5 rings (SSSR count). The van der Waals surface area contributed by atoms with Crippen LogP contribution in [0.3, 0.4) is 0 Å². The van der Waals surface area contributed by atoms with Crippen molar-refractivity contribution in [3.05, 3.63) is 111 Å². The molecule has 2 atom stereocenters. The van der Waals surface area contributed by atoms with Gasteiger partial charge >= 0.3 is 0 Å². The van der Waals surface area contributed by atoms with Crippen molar-refractivity contribution in [2.45, 2.75) is 32.9 Å². The lowest BCUT2D eigenvalue weighted by Gasteiger charge is -2.29. The minimum atomic E-state index is -0.0932. The number of anilines is 1. The quantitative estimate of drug-likeness (QED) is 0.268. The summed E-state index contributed by atoms with van der Waals surface area (Å²) in [4.78, 5) is 6.91. The molecule has 0 radical (unpaired) electrons. The molecule has 1 aliphatic heterocycles. The summed E-state index contributed by atoms with van der Waals surface area (Å²) in [6.45, 7) is 6.52. The predicted octanol–water partition coefficient (Wildman–Crippen LogP) is 7.39. The molecule has 0 saturated carbocycles. The Kier molecular flexibility index (Phi) is 6.23. The minimum absolute atomic E-state index is 0.0669. The maximum absolute atomic E-state index is 6.35. The van der Waals surface area contributed by atoms with E-state index in [1.807, 2.05) is 48.7 Å². The lowest BCUT2D eigenvalue weighted by Crippen LogP contribution is -2.29. The Hall–Kier alpha value is -2.67. The fraction of sp³-hybridized carbons (Fsp3) is 0.185. The van der Waals surface area contributed by atoms with E-state index < -0.39 is 0 Å². The Labute approximate surface area is 218 Å². The van der Waals surface area contributed by atoms with Crippen LogP contribution in [0.5, 0.6) is 0 Å². The fourth-order valence-electron chi connectivity index (χ4n) is 4.97. The molecule has 3 heterocycles. The highest BCUT2D eigenvalue weighted by Gasteiger charge is 2.43. The predicted molar refractivity (Wildman–Crippen MR) is 147 cm³/mol. The molecule has 0 bridgehead atoms. The largest absolute Gasteiger partial charge is 0.351 e. The molecule has 1 saturated heterocycles. The van der Waals surface area contributed by atoms with Crippen molar-refractivity contribution in [3.8, 4) is 5.69 Å². The van der Waals surface area contributed by atoms with Crippen LogP contribution in [0, 0.1) is 20.8 Å². The number of rotatable bonds is 4. The fourth-order valence-corrected chi connectivity index (χ4v) is 5.77. The second-order valence-corrected chi connectivity index (χ2v) is 10.2. The average Bonchev–Trinajstić information content (AvgIpc) is 3.27. The monoisotopic (exact) mass is 550 g/mol. The molecular weight excluding hydrogens is 528 g/mol. The number of hydrogen-bond donors (Lipinski definition) is 1. The third-order valence-corrected chi connectivity index (χ3v) is 7.65. The highest BCUT2D eigenvalue weighted by molar-refractivity contribution is 9.10. The molecule has 2 aromatic carbocycles. The molecule has 0 unspecified atom stereocenters. The number of pyridine rings is 1. The van der Waals surface area contributed by atoms with Crippen molar-refractivity contribution in [1.29, 1.82) is 0 Å². The molecule has 4 aromatic rings. The summed E-state index contributed by atoms with van der Waals surface area (Å²) in [6.07, 6.45) is 1.83. The molecule has 0 amide bonds. The van der Waals surface area contributed by atoms with E-state index in [0.717, 1.165) is 32.3 Å². The normalized spacial score (nSPS) is 17.8. The number of nitrogens with zero attached hydrogens (tertiary/aromatic N) is 3. The van der Waals surface area contributed by atoms with Crippen molar-refractivity contribution in [2.24, 2.45) is 0 Å². The molecule has 1 aliphatic rings. The van der Waals surface area contributed by atoms with Gasteiger partial charge in [-0.1, -0.05) is 39.7 Å². The highest BCUT2D eigenvalue weighted by Crippen LogP contribution is 2.45. The van der Waals surface area contributed by atoms with Crippen LogP contribution in [0.25, 0.3) is 5.69 Å². The van der Waals surface area contributed by atoms with Gasteiger partial charge in [0.2, 0.25) is 0 Å². The van der Waals surface area contributed by atoms with Crippen molar-refractivity contribution >= 4 is 50.5 Å². The maximum Gasteiger partial charge on any atom is 0.174 e. The summed E-state index contributed by atoms with van der Waals surface area (Å²) in [6, 6.07) is 22.1. The van der Waals surface area contributed by atoms with Crippen molar-refractivity contribution in [2.75, 3.05) is 4.90 Å². The molecule has 0 aliphatic carbocycles. The third-order valence-electron chi connectivity index (χ3n) is 6.57. The van der Waals surface area contributed by atoms with Crippen LogP contribution in [0.2, 0.25) is 5.02 Å². The smallest absolute Gasteiger partial charge is 0.174 e. The average molecular weight is 552 g/mol. The Bertz CT molecular complexity index is 1370. The van der Waals surface area contributed by atoms with E-state index in [9.17, 15) is 0 Å². The van der Waals surface area contributed by atoms with Crippen molar-refractivity contribution in [3.63, 3.8) is 0 Å². The van der Waals surface area contributed by atoms with Gasteiger partial charge in [-0.05, 0) is 93.1 Å². The molecule has 7 heteroatoms. The Morgan fingerprint density at radius 2 is 1.71 bits per heavy atom. The van der Waals surface area contributed by atoms with Crippen LogP contribution in [0.15, 0.2) is 77.4 Å². The minimum Gasteiger partial charge on any atom is -0.351 e. The SMILES string of the molecule is Cc1c([C@@H]2[C@H](c3ccccn3)NC(=S)N2c2ccc(Br)cc2)c(C)n(-c2cccc(Cl)c2)c1C. The van der Waals surface area contributed by atoms with E-state index in [1.165, 1.54) is 16.8 Å². The molecule has 4 nitrogen and oxygen atoms in total. The number of benzene rings is 2. The lowest BCUT2D eigenvalue weighted by molar-refractivity contribution is 0.563. The number of halogens is 2. The van der Waals surface area contributed by atoms with Gasteiger partial charge in [-0.2, -0.15) is 0 Å². The summed E-state index contributed by atoms with van der Waals surface area (Å²) in [5.41, 5.74) is 7.87. The number of aromatic nitrogens is 2. The third kappa shape index (κ3) is 3.94. The second kappa shape index (κ2) is 9.17. The van der Waals surface area contributed by atoms with Crippen LogP contribution >= 0.6 is 39.7 Å². The topological polar surface area (TPSA) is 33.1 Å². The van der Waals surface area contributed by atoms with E-state index in [-0.39, 0.29) is 12.1 Å².